The molecule has 13 rings (SSSR count). The van der Waals surface area contributed by atoms with E-state index in [2.05, 4.69) is 251 Å². The molecule has 0 aliphatic carbocycles. The van der Waals surface area contributed by atoms with Gasteiger partial charge in [0.15, 0.2) is 0 Å². The van der Waals surface area contributed by atoms with Crippen molar-refractivity contribution in [2.24, 2.45) is 0 Å². The maximum atomic E-state index is 2.44. The van der Waals surface area contributed by atoms with Crippen LogP contribution in [0.25, 0.3) is 97.4 Å². The summed E-state index contributed by atoms with van der Waals surface area (Å²) in [6, 6.07) is 86.2. The highest BCUT2D eigenvalue weighted by Crippen LogP contribution is 2.45. The highest BCUT2D eigenvalue weighted by Gasteiger charge is 2.20. The number of anilines is 3. The van der Waals surface area contributed by atoms with Crippen LogP contribution in [0.2, 0.25) is 0 Å². The number of thiophene rings is 1. The summed E-state index contributed by atoms with van der Waals surface area (Å²) in [4.78, 5) is 2.39. The van der Waals surface area contributed by atoms with Gasteiger partial charge in [0.25, 0.3) is 0 Å². The molecule has 3 aromatic heterocycles. The Hall–Kier alpha value is -8.18. The summed E-state index contributed by atoms with van der Waals surface area (Å²) in [5.74, 6) is 0. The van der Waals surface area contributed by atoms with E-state index in [1.165, 1.54) is 86.0 Å². The maximum absolute atomic E-state index is 2.44. The average Bonchev–Trinajstić information content (AvgIpc) is 4.03. The van der Waals surface area contributed by atoms with Gasteiger partial charge < -0.3 is 14.0 Å². The Morgan fingerprint density at radius 1 is 0.297 bits per heavy atom. The first-order chi connectivity index (χ1) is 31.7. The first kappa shape index (κ1) is 36.5. The summed E-state index contributed by atoms with van der Waals surface area (Å²) < 4.78 is 7.48. The maximum Gasteiger partial charge on any atom is 0.0555 e. The molecule has 3 nitrogen and oxygen atoms in total. The van der Waals surface area contributed by atoms with Crippen LogP contribution < -0.4 is 4.90 Å². The minimum atomic E-state index is 1.09. The summed E-state index contributed by atoms with van der Waals surface area (Å²) in [5, 5.41) is 7.67. The Labute approximate surface area is 374 Å². The van der Waals surface area contributed by atoms with E-state index in [9.17, 15) is 0 Å². The summed E-state index contributed by atoms with van der Waals surface area (Å²) in [7, 11) is 0. The zero-order chi connectivity index (χ0) is 42.1. The number of fused-ring (bicyclic) bond motifs is 10. The van der Waals surface area contributed by atoms with Gasteiger partial charge in [-0.2, -0.15) is 0 Å². The second-order valence-corrected chi connectivity index (χ2v) is 17.6. The van der Waals surface area contributed by atoms with Crippen molar-refractivity contribution >= 4 is 92.2 Å². The van der Waals surface area contributed by atoms with Crippen molar-refractivity contribution in [2.45, 2.75) is 0 Å². The molecular formula is C60H39N3S. The topological polar surface area (TPSA) is 13.1 Å². The Morgan fingerprint density at radius 2 is 0.797 bits per heavy atom. The standard InChI is InChI=1S/C60H39N3S/c1-4-14-40(15-5-1)41-24-29-46(30-25-41)61(48-33-36-55-53(39-48)49-20-10-12-22-54(49)62(55)44-16-6-2-7-17-44)47-31-26-42(27-32-47)43-28-34-52-57(38-43)63(45-18-8-3-9-19-45)56-37-35-51-50-21-11-13-23-58(50)64-60(51)59(52)56/h1-39H. The lowest BCUT2D eigenvalue weighted by atomic mass is 10.0. The number of rotatable bonds is 7. The first-order valence-corrected chi connectivity index (χ1v) is 22.7. The van der Waals surface area contributed by atoms with E-state index < -0.39 is 0 Å². The van der Waals surface area contributed by atoms with Crippen LogP contribution in [-0.4, -0.2) is 9.13 Å². The smallest absolute Gasteiger partial charge is 0.0555 e. The average molecular weight is 834 g/mol. The van der Waals surface area contributed by atoms with E-state index in [-0.39, 0.29) is 0 Å². The first-order valence-electron chi connectivity index (χ1n) is 21.8. The zero-order valence-electron chi connectivity index (χ0n) is 34.8. The summed E-state index contributed by atoms with van der Waals surface area (Å²) in [6.45, 7) is 0. The van der Waals surface area contributed by atoms with Gasteiger partial charge >= 0.3 is 0 Å². The third kappa shape index (κ3) is 5.81. The van der Waals surface area contributed by atoms with Crippen LogP contribution in [0.3, 0.4) is 0 Å². The van der Waals surface area contributed by atoms with Crippen molar-refractivity contribution in [1.82, 2.24) is 9.13 Å². The normalized spacial score (nSPS) is 11.8. The molecule has 0 spiro atoms. The van der Waals surface area contributed by atoms with E-state index in [4.69, 9.17) is 0 Å². The quantitative estimate of drug-likeness (QED) is 0.156. The third-order valence-electron chi connectivity index (χ3n) is 12.9. The number of para-hydroxylation sites is 3. The number of benzene rings is 10. The van der Waals surface area contributed by atoms with Crippen LogP contribution in [0.4, 0.5) is 17.1 Å². The molecule has 4 heteroatoms. The van der Waals surface area contributed by atoms with Crippen molar-refractivity contribution in [3.63, 3.8) is 0 Å². The van der Waals surface area contributed by atoms with Gasteiger partial charge in [0.2, 0.25) is 0 Å². The monoisotopic (exact) mass is 833 g/mol. The molecule has 0 amide bonds. The van der Waals surface area contributed by atoms with Crippen LogP contribution in [-0.2, 0) is 0 Å². The second kappa shape index (κ2) is 14.7. The van der Waals surface area contributed by atoms with Crippen molar-refractivity contribution in [3.05, 3.63) is 237 Å². The molecule has 0 bridgehead atoms. The molecule has 300 valence electrons. The van der Waals surface area contributed by atoms with Gasteiger partial charge in [-0.25, -0.2) is 0 Å². The lowest BCUT2D eigenvalue weighted by molar-refractivity contribution is 1.18. The Kier molecular flexibility index (Phi) is 8.40. The molecule has 3 heterocycles. The fourth-order valence-corrected chi connectivity index (χ4v) is 11.2. The lowest BCUT2D eigenvalue weighted by Crippen LogP contribution is -2.10. The number of hydrogen-bond acceptors (Lipinski definition) is 2. The van der Waals surface area contributed by atoms with E-state index in [1.54, 1.807) is 0 Å². The SMILES string of the molecule is c1ccc(-c2ccc(N(c3ccc(-c4ccc5c6c7sc8ccccc8c7ccc6n(-c6ccccc6)c5c4)cc3)c3ccc4c(c3)c3ccccc3n4-c3ccccc3)cc2)cc1. The van der Waals surface area contributed by atoms with Gasteiger partial charge in [0, 0.05) is 70.2 Å². The van der Waals surface area contributed by atoms with Gasteiger partial charge in [0.1, 0.15) is 0 Å². The molecule has 0 atom stereocenters. The predicted octanol–water partition coefficient (Wildman–Crippen LogP) is 17.1. The molecule has 0 N–H and O–H groups in total. The molecule has 0 radical (unpaired) electrons. The molecule has 64 heavy (non-hydrogen) atoms. The third-order valence-corrected chi connectivity index (χ3v) is 14.1. The van der Waals surface area contributed by atoms with Crippen molar-refractivity contribution < 1.29 is 0 Å². The highest BCUT2D eigenvalue weighted by atomic mass is 32.1. The van der Waals surface area contributed by atoms with E-state index in [0.29, 0.717) is 0 Å². The van der Waals surface area contributed by atoms with Crippen LogP contribution >= 0.6 is 11.3 Å². The number of aromatic nitrogens is 2. The van der Waals surface area contributed by atoms with E-state index >= 15 is 0 Å². The molecule has 0 fully saturated rings. The minimum Gasteiger partial charge on any atom is -0.310 e. The van der Waals surface area contributed by atoms with Gasteiger partial charge in [-0.05, 0) is 113 Å². The fourth-order valence-electron chi connectivity index (χ4n) is 9.96. The van der Waals surface area contributed by atoms with Crippen molar-refractivity contribution in [1.29, 1.82) is 0 Å². The molecule has 0 aliphatic heterocycles. The van der Waals surface area contributed by atoms with Crippen molar-refractivity contribution in [2.75, 3.05) is 4.90 Å². The van der Waals surface area contributed by atoms with Crippen LogP contribution in [0.1, 0.15) is 0 Å². The van der Waals surface area contributed by atoms with Crippen LogP contribution in [0, 0.1) is 0 Å². The number of hydrogen-bond donors (Lipinski definition) is 0. The highest BCUT2D eigenvalue weighted by molar-refractivity contribution is 7.26. The summed E-state index contributed by atoms with van der Waals surface area (Å²) in [6.07, 6.45) is 0. The van der Waals surface area contributed by atoms with Gasteiger partial charge in [-0.1, -0.05) is 146 Å². The largest absolute Gasteiger partial charge is 0.310 e. The van der Waals surface area contributed by atoms with Gasteiger partial charge in [-0.3, -0.25) is 0 Å². The van der Waals surface area contributed by atoms with Crippen LogP contribution in [0.15, 0.2) is 237 Å². The molecule has 0 aliphatic rings. The number of nitrogens with zero attached hydrogens (tertiary/aromatic N) is 3. The van der Waals surface area contributed by atoms with E-state index in [1.807, 2.05) is 11.3 Å². The molecule has 0 saturated heterocycles. The molecule has 13 aromatic rings. The Morgan fingerprint density at radius 3 is 1.50 bits per heavy atom. The molecule has 10 aromatic carbocycles. The Balaban J connectivity index is 0.956. The van der Waals surface area contributed by atoms with Gasteiger partial charge in [-0.15, -0.1) is 11.3 Å². The Bertz CT molecular complexity index is 3860. The fraction of sp³-hybridized carbons (Fsp3) is 0. The van der Waals surface area contributed by atoms with Crippen LogP contribution in [0.5, 0.6) is 0 Å². The van der Waals surface area contributed by atoms with E-state index in [0.717, 1.165) is 28.4 Å². The summed E-state index contributed by atoms with van der Waals surface area (Å²) in [5.41, 5.74) is 15.2. The minimum absolute atomic E-state index is 1.09. The lowest BCUT2D eigenvalue weighted by Gasteiger charge is -2.26. The second-order valence-electron chi connectivity index (χ2n) is 16.5. The molecular weight excluding hydrogens is 795 g/mol. The molecule has 0 saturated carbocycles. The van der Waals surface area contributed by atoms with Gasteiger partial charge in [0.05, 0.1) is 22.1 Å². The summed E-state index contributed by atoms with van der Waals surface area (Å²) >= 11 is 1.90. The van der Waals surface area contributed by atoms with Crippen molar-refractivity contribution in [3.8, 4) is 33.6 Å². The zero-order valence-corrected chi connectivity index (χ0v) is 35.6. The predicted molar refractivity (Wildman–Crippen MR) is 274 cm³/mol. The molecule has 0 unspecified atom stereocenters.